The van der Waals surface area contributed by atoms with Crippen LogP contribution in [0.1, 0.15) is 36.0 Å². The maximum absolute atomic E-state index is 13.0. The Morgan fingerprint density at radius 1 is 0.923 bits per heavy atom. The van der Waals surface area contributed by atoms with E-state index in [9.17, 15) is 9.59 Å². The highest BCUT2D eigenvalue weighted by molar-refractivity contribution is 5.94. The number of rotatable bonds is 2. The van der Waals surface area contributed by atoms with Crippen molar-refractivity contribution in [2.24, 2.45) is 17.8 Å². The fraction of sp³-hybridized carbons (Fsp3) is 0.650. The standard InChI is InChI=1S/C20H25N3O3/c24-19(13-3-7-21-8-4-13)22-9-5-14(6-10-22)20(25)23-11-15-16(12-23)18-2-1-17(15)26-18/h3-4,7-8,14-18H,1-2,5-6,9-12H2/t15-,16+,17+,18-. The molecule has 4 fully saturated rings. The van der Waals surface area contributed by atoms with Crippen molar-refractivity contribution in [1.29, 1.82) is 0 Å². The summed E-state index contributed by atoms with van der Waals surface area (Å²) in [6.07, 6.45) is 7.95. The average Bonchev–Trinajstić information content (AvgIpc) is 3.41. The average molecular weight is 355 g/mol. The molecule has 5 heterocycles. The molecule has 0 unspecified atom stereocenters. The number of carbonyl (C=O) groups excluding carboxylic acids is 2. The highest BCUT2D eigenvalue weighted by Crippen LogP contribution is 2.47. The second kappa shape index (κ2) is 6.34. The van der Waals surface area contributed by atoms with Crippen LogP contribution in [0.3, 0.4) is 0 Å². The van der Waals surface area contributed by atoms with Crippen LogP contribution < -0.4 is 0 Å². The monoisotopic (exact) mass is 355 g/mol. The number of fused-ring (bicyclic) bond motifs is 5. The van der Waals surface area contributed by atoms with Crippen molar-refractivity contribution in [3.05, 3.63) is 30.1 Å². The van der Waals surface area contributed by atoms with Crippen LogP contribution in [0.4, 0.5) is 0 Å². The quantitative estimate of drug-likeness (QED) is 0.808. The van der Waals surface area contributed by atoms with Crippen molar-refractivity contribution in [3.8, 4) is 0 Å². The molecular weight excluding hydrogens is 330 g/mol. The number of likely N-dealkylation sites (tertiary alicyclic amines) is 2. The van der Waals surface area contributed by atoms with Crippen LogP contribution in [0.25, 0.3) is 0 Å². The molecular formula is C20H25N3O3. The highest BCUT2D eigenvalue weighted by Gasteiger charge is 2.54. The summed E-state index contributed by atoms with van der Waals surface area (Å²) in [5.74, 6) is 1.53. The van der Waals surface area contributed by atoms with Crippen LogP contribution in [0, 0.1) is 17.8 Å². The topological polar surface area (TPSA) is 62.7 Å². The normalized spacial score (nSPS) is 33.5. The molecule has 6 heteroatoms. The van der Waals surface area contributed by atoms with E-state index in [1.54, 1.807) is 24.5 Å². The molecule has 2 amide bonds. The van der Waals surface area contributed by atoms with Gasteiger partial charge in [0.05, 0.1) is 12.2 Å². The molecule has 4 atom stereocenters. The van der Waals surface area contributed by atoms with Crippen LogP contribution in [-0.2, 0) is 9.53 Å². The van der Waals surface area contributed by atoms with Crippen molar-refractivity contribution < 1.29 is 14.3 Å². The second-order valence-electron chi connectivity index (χ2n) is 8.16. The van der Waals surface area contributed by atoms with Gasteiger partial charge in [-0.3, -0.25) is 14.6 Å². The number of hydrogen-bond donors (Lipinski definition) is 0. The summed E-state index contributed by atoms with van der Waals surface area (Å²) in [6, 6.07) is 3.50. The second-order valence-corrected chi connectivity index (χ2v) is 8.16. The molecule has 5 rings (SSSR count). The van der Waals surface area contributed by atoms with Gasteiger partial charge in [-0.1, -0.05) is 0 Å². The first-order valence-corrected chi connectivity index (χ1v) is 9.84. The lowest BCUT2D eigenvalue weighted by molar-refractivity contribution is -0.136. The highest BCUT2D eigenvalue weighted by atomic mass is 16.5. The largest absolute Gasteiger partial charge is 0.374 e. The minimum Gasteiger partial charge on any atom is -0.374 e. The third-order valence-electron chi connectivity index (χ3n) is 6.82. The summed E-state index contributed by atoms with van der Waals surface area (Å²) in [5, 5.41) is 0. The fourth-order valence-electron chi connectivity index (χ4n) is 5.40. The molecule has 0 aliphatic carbocycles. The van der Waals surface area contributed by atoms with E-state index >= 15 is 0 Å². The van der Waals surface area contributed by atoms with E-state index in [-0.39, 0.29) is 11.8 Å². The van der Waals surface area contributed by atoms with Crippen molar-refractivity contribution in [1.82, 2.24) is 14.8 Å². The minimum atomic E-state index is 0.0442. The van der Waals surface area contributed by atoms with Crippen molar-refractivity contribution in [2.45, 2.75) is 37.9 Å². The lowest BCUT2D eigenvalue weighted by atomic mass is 9.82. The van der Waals surface area contributed by atoms with Gasteiger partial charge in [0.25, 0.3) is 5.91 Å². The van der Waals surface area contributed by atoms with E-state index in [0.29, 0.717) is 48.6 Å². The van der Waals surface area contributed by atoms with Crippen molar-refractivity contribution in [3.63, 3.8) is 0 Å². The van der Waals surface area contributed by atoms with Gasteiger partial charge in [-0.15, -0.1) is 0 Å². The molecule has 1 aromatic heterocycles. The Bertz CT molecular complexity index is 684. The zero-order valence-electron chi connectivity index (χ0n) is 14.9. The molecule has 4 saturated heterocycles. The molecule has 4 aliphatic heterocycles. The van der Waals surface area contributed by atoms with Crippen LogP contribution in [0.15, 0.2) is 24.5 Å². The van der Waals surface area contributed by atoms with E-state index in [2.05, 4.69) is 9.88 Å². The first-order valence-electron chi connectivity index (χ1n) is 9.84. The third kappa shape index (κ3) is 2.62. The lowest BCUT2D eigenvalue weighted by Crippen LogP contribution is -2.44. The number of aromatic nitrogens is 1. The van der Waals surface area contributed by atoms with Gasteiger partial charge in [0.2, 0.25) is 5.91 Å². The number of pyridine rings is 1. The Hall–Kier alpha value is -1.95. The van der Waals surface area contributed by atoms with Crippen molar-refractivity contribution >= 4 is 11.8 Å². The zero-order chi connectivity index (χ0) is 17.7. The summed E-state index contributed by atoms with van der Waals surface area (Å²) in [6.45, 7) is 3.07. The number of amides is 2. The van der Waals surface area contributed by atoms with Crippen LogP contribution in [0.5, 0.6) is 0 Å². The smallest absolute Gasteiger partial charge is 0.253 e. The summed E-state index contributed by atoms with van der Waals surface area (Å²) < 4.78 is 6.01. The zero-order valence-corrected chi connectivity index (χ0v) is 14.9. The molecule has 0 N–H and O–H groups in total. The molecule has 138 valence electrons. The number of piperidine rings is 1. The van der Waals surface area contributed by atoms with Crippen LogP contribution in [-0.4, -0.2) is 65.0 Å². The predicted molar refractivity (Wildman–Crippen MR) is 94.3 cm³/mol. The van der Waals surface area contributed by atoms with E-state index in [1.807, 2.05) is 4.90 Å². The van der Waals surface area contributed by atoms with Gasteiger partial charge in [0.15, 0.2) is 0 Å². The molecule has 0 radical (unpaired) electrons. The summed E-state index contributed by atoms with van der Waals surface area (Å²) in [4.78, 5) is 33.4. The van der Waals surface area contributed by atoms with Gasteiger partial charge in [0.1, 0.15) is 0 Å². The first kappa shape index (κ1) is 16.2. The summed E-state index contributed by atoms with van der Waals surface area (Å²) in [7, 11) is 0. The molecule has 0 spiro atoms. The Kier molecular flexibility index (Phi) is 3.96. The first-order chi connectivity index (χ1) is 12.7. The number of ether oxygens (including phenoxy) is 1. The lowest BCUT2D eigenvalue weighted by Gasteiger charge is -2.33. The van der Waals surface area contributed by atoms with Crippen molar-refractivity contribution in [2.75, 3.05) is 26.2 Å². The van der Waals surface area contributed by atoms with E-state index in [0.717, 1.165) is 25.9 Å². The van der Waals surface area contributed by atoms with Crippen LogP contribution >= 0.6 is 0 Å². The van der Waals surface area contributed by atoms with Gasteiger partial charge in [-0.05, 0) is 37.8 Å². The van der Waals surface area contributed by atoms with Gasteiger partial charge >= 0.3 is 0 Å². The SMILES string of the molecule is O=C(c1ccncc1)N1CCC(C(=O)N2C[C@@H]3[C@H](C2)[C@H]2CC[C@@H]3O2)CC1. The Balaban J connectivity index is 1.17. The Morgan fingerprint density at radius 2 is 1.54 bits per heavy atom. The number of nitrogens with zero attached hydrogens (tertiary/aromatic N) is 3. The van der Waals surface area contributed by atoms with E-state index < -0.39 is 0 Å². The molecule has 0 aromatic carbocycles. The molecule has 4 aliphatic rings. The maximum atomic E-state index is 13.0. The predicted octanol–water partition coefficient (Wildman–Crippen LogP) is 1.57. The Labute approximate surface area is 153 Å². The molecule has 2 bridgehead atoms. The molecule has 0 saturated carbocycles. The maximum Gasteiger partial charge on any atom is 0.253 e. The molecule has 6 nitrogen and oxygen atoms in total. The fourth-order valence-corrected chi connectivity index (χ4v) is 5.40. The summed E-state index contributed by atoms with van der Waals surface area (Å²) >= 11 is 0. The molecule has 26 heavy (non-hydrogen) atoms. The van der Waals surface area contributed by atoms with E-state index in [1.165, 1.54) is 12.8 Å². The minimum absolute atomic E-state index is 0.0442. The van der Waals surface area contributed by atoms with Gasteiger partial charge in [-0.25, -0.2) is 0 Å². The van der Waals surface area contributed by atoms with Gasteiger partial charge in [-0.2, -0.15) is 0 Å². The Morgan fingerprint density at radius 3 is 2.15 bits per heavy atom. The van der Waals surface area contributed by atoms with Gasteiger partial charge < -0.3 is 14.5 Å². The van der Waals surface area contributed by atoms with Gasteiger partial charge in [0, 0.05) is 61.9 Å². The number of hydrogen-bond acceptors (Lipinski definition) is 4. The summed E-state index contributed by atoms with van der Waals surface area (Å²) in [5.41, 5.74) is 0.674. The third-order valence-corrected chi connectivity index (χ3v) is 6.82. The molecule has 1 aromatic rings. The number of carbonyl (C=O) groups is 2. The van der Waals surface area contributed by atoms with E-state index in [4.69, 9.17) is 4.74 Å². The van der Waals surface area contributed by atoms with Crippen LogP contribution in [0.2, 0.25) is 0 Å².